The predicted molar refractivity (Wildman–Crippen MR) is 73.5 cm³/mol. The minimum atomic E-state index is -0.460. The standard InChI is InChI=1S/C12H14BrN3O2/c1-3-18-7(2)12(17)14-8-4-5-10-9(6-8)11(13)16-15-10/h4-7H,3H2,1-2H3,(H,14,17)(H,15,16). The van der Waals surface area contributed by atoms with Crippen LogP contribution in [0.15, 0.2) is 22.8 Å². The summed E-state index contributed by atoms with van der Waals surface area (Å²) in [5, 5.41) is 10.7. The molecule has 0 bridgehead atoms. The number of hydrogen-bond donors (Lipinski definition) is 2. The Morgan fingerprint density at radius 2 is 2.39 bits per heavy atom. The molecule has 0 saturated heterocycles. The summed E-state index contributed by atoms with van der Waals surface area (Å²) >= 11 is 3.37. The molecule has 2 rings (SSSR count). The average Bonchev–Trinajstić information content (AvgIpc) is 2.71. The number of anilines is 1. The summed E-state index contributed by atoms with van der Waals surface area (Å²) in [5.41, 5.74) is 1.57. The number of halogens is 1. The second-order valence-electron chi connectivity index (χ2n) is 3.86. The van der Waals surface area contributed by atoms with Crippen LogP contribution in [-0.2, 0) is 9.53 Å². The van der Waals surface area contributed by atoms with Crippen LogP contribution >= 0.6 is 15.9 Å². The van der Waals surface area contributed by atoms with Crippen molar-refractivity contribution in [1.82, 2.24) is 10.2 Å². The van der Waals surface area contributed by atoms with Crippen molar-refractivity contribution in [2.75, 3.05) is 11.9 Å². The van der Waals surface area contributed by atoms with Gasteiger partial charge in [-0.1, -0.05) is 0 Å². The Labute approximate surface area is 113 Å². The summed E-state index contributed by atoms with van der Waals surface area (Å²) in [6.07, 6.45) is -0.460. The SMILES string of the molecule is CCOC(C)C(=O)Nc1ccc2n[nH]c(Br)c2c1. The van der Waals surface area contributed by atoms with E-state index in [1.54, 1.807) is 6.92 Å². The lowest BCUT2D eigenvalue weighted by atomic mass is 10.2. The third kappa shape index (κ3) is 2.70. The Morgan fingerprint density at radius 1 is 1.61 bits per heavy atom. The molecule has 2 aromatic rings. The van der Waals surface area contributed by atoms with Gasteiger partial charge in [0, 0.05) is 17.7 Å². The third-order valence-corrected chi connectivity index (χ3v) is 3.17. The molecule has 18 heavy (non-hydrogen) atoms. The molecule has 96 valence electrons. The zero-order valence-corrected chi connectivity index (χ0v) is 11.7. The van der Waals surface area contributed by atoms with Crippen LogP contribution in [0.4, 0.5) is 5.69 Å². The molecule has 0 spiro atoms. The van der Waals surface area contributed by atoms with Crippen LogP contribution in [0.25, 0.3) is 10.9 Å². The van der Waals surface area contributed by atoms with Crippen LogP contribution in [0, 0.1) is 0 Å². The third-order valence-electron chi connectivity index (χ3n) is 2.56. The second kappa shape index (κ2) is 5.49. The van der Waals surface area contributed by atoms with Crippen molar-refractivity contribution in [3.05, 3.63) is 22.8 Å². The van der Waals surface area contributed by atoms with Gasteiger partial charge < -0.3 is 10.1 Å². The van der Waals surface area contributed by atoms with Gasteiger partial charge in [0.15, 0.2) is 0 Å². The maximum Gasteiger partial charge on any atom is 0.253 e. The molecule has 0 aliphatic heterocycles. The number of hydrogen-bond acceptors (Lipinski definition) is 3. The van der Waals surface area contributed by atoms with Crippen molar-refractivity contribution in [1.29, 1.82) is 0 Å². The van der Waals surface area contributed by atoms with Crippen LogP contribution in [-0.4, -0.2) is 28.8 Å². The molecule has 1 aromatic heterocycles. The largest absolute Gasteiger partial charge is 0.369 e. The van der Waals surface area contributed by atoms with Gasteiger partial charge in [-0.05, 0) is 48.0 Å². The Bertz CT molecular complexity index is 567. The second-order valence-corrected chi connectivity index (χ2v) is 4.65. The number of nitrogens with one attached hydrogen (secondary N) is 2. The number of benzene rings is 1. The lowest BCUT2D eigenvalue weighted by Crippen LogP contribution is -2.27. The normalized spacial score (nSPS) is 12.6. The molecular formula is C12H14BrN3O2. The lowest BCUT2D eigenvalue weighted by molar-refractivity contribution is -0.126. The first-order valence-electron chi connectivity index (χ1n) is 5.68. The van der Waals surface area contributed by atoms with Crippen LogP contribution in [0.1, 0.15) is 13.8 Å². The van der Waals surface area contributed by atoms with Crippen LogP contribution < -0.4 is 5.32 Å². The van der Waals surface area contributed by atoms with Crippen molar-refractivity contribution in [3.63, 3.8) is 0 Å². The van der Waals surface area contributed by atoms with E-state index in [9.17, 15) is 4.79 Å². The molecule has 1 amide bonds. The van der Waals surface area contributed by atoms with E-state index < -0.39 is 6.10 Å². The number of fused-ring (bicyclic) bond motifs is 1. The predicted octanol–water partition coefficient (Wildman–Crippen LogP) is 2.69. The molecular weight excluding hydrogens is 298 g/mol. The number of nitrogens with zero attached hydrogens (tertiary/aromatic N) is 1. The molecule has 1 atom stereocenters. The number of carbonyl (C=O) groups is 1. The van der Waals surface area contributed by atoms with Gasteiger partial charge in [-0.2, -0.15) is 5.10 Å². The van der Waals surface area contributed by atoms with E-state index in [1.165, 1.54) is 0 Å². The van der Waals surface area contributed by atoms with Crippen LogP contribution in [0.3, 0.4) is 0 Å². The van der Waals surface area contributed by atoms with Crippen LogP contribution in [0.5, 0.6) is 0 Å². The molecule has 5 nitrogen and oxygen atoms in total. The highest BCUT2D eigenvalue weighted by molar-refractivity contribution is 9.10. The summed E-state index contributed by atoms with van der Waals surface area (Å²) in [7, 11) is 0. The van der Waals surface area contributed by atoms with Gasteiger partial charge in [0.25, 0.3) is 5.91 Å². The van der Waals surface area contributed by atoms with Gasteiger partial charge in [-0.3, -0.25) is 9.89 Å². The number of rotatable bonds is 4. The summed E-state index contributed by atoms with van der Waals surface area (Å²) in [4.78, 5) is 11.8. The average molecular weight is 312 g/mol. The number of aromatic amines is 1. The Kier molecular flexibility index (Phi) is 3.98. The molecule has 2 N–H and O–H groups in total. The van der Waals surface area contributed by atoms with Crippen molar-refractivity contribution >= 4 is 38.4 Å². The summed E-state index contributed by atoms with van der Waals surface area (Å²) in [6, 6.07) is 5.52. The lowest BCUT2D eigenvalue weighted by Gasteiger charge is -2.11. The quantitative estimate of drug-likeness (QED) is 0.912. The topological polar surface area (TPSA) is 67.0 Å². The van der Waals surface area contributed by atoms with Gasteiger partial charge in [0.1, 0.15) is 10.7 Å². The van der Waals surface area contributed by atoms with E-state index in [0.717, 1.165) is 21.2 Å². The van der Waals surface area contributed by atoms with Gasteiger partial charge in [-0.25, -0.2) is 0 Å². The molecule has 1 aromatic carbocycles. The van der Waals surface area contributed by atoms with E-state index in [4.69, 9.17) is 4.74 Å². The number of H-pyrrole nitrogens is 1. The van der Waals surface area contributed by atoms with E-state index >= 15 is 0 Å². The Hall–Kier alpha value is -1.40. The fourth-order valence-corrected chi connectivity index (χ4v) is 2.03. The van der Waals surface area contributed by atoms with Crippen molar-refractivity contribution in [2.24, 2.45) is 0 Å². The monoisotopic (exact) mass is 311 g/mol. The van der Waals surface area contributed by atoms with E-state index in [-0.39, 0.29) is 5.91 Å². The molecule has 1 unspecified atom stereocenters. The minimum Gasteiger partial charge on any atom is -0.369 e. The molecule has 0 radical (unpaired) electrons. The van der Waals surface area contributed by atoms with E-state index in [2.05, 4.69) is 31.4 Å². The summed E-state index contributed by atoms with van der Waals surface area (Å²) < 4.78 is 6.03. The highest BCUT2D eigenvalue weighted by Gasteiger charge is 2.13. The highest BCUT2D eigenvalue weighted by atomic mass is 79.9. The Balaban J connectivity index is 2.16. The first-order chi connectivity index (χ1) is 8.61. The fourth-order valence-electron chi connectivity index (χ4n) is 1.63. The molecule has 0 aliphatic rings. The summed E-state index contributed by atoms with van der Waals surface area (Å²) in [6.45, 7) is 4.10. The maximum atomic E-state index is 11.8. The maximum absolute atomic E-state index is 11.8. The zero-order valence-electron chi connectivity index (χ0n) is 10.2. The molecule has 6 heteroatoms. The van der Waals surface area contributed by atoms with Crippen molar-refractivity contribution in [3.8, 4) is 0 Å². The van der Waals surface area contributed by atoms with Gasteiger partial charge in [-0.15, -0.1) is 0 Å². The molecule has 1 heterocycles. The smallest absolute Gasteiger partial charge is 0.253 e. The molecule has 0 aliphatic carbocycles. The van der Waals surface area contributed by atoms with Gasteiger partial charge in [0.05, 0.1) is 5.52 Å². The zero-order chi connectivity index (χ0) is 13.1. The van der Waals surface area contributed by atoms with Crippen molar-refractivity contribution < 1.29 is 9.53 Å². The first-order valence-corrected chi connectivity index (χ1v) is 6.47. The number of carbonyl (C=O) groups excluding carboxylic acids is 1. The van der Waals surface area contributed by atoms with Crippen LogP contribution in [0.2, 0.25) is 0 Å². The van der Waals surface area contributed by atoms with Gasteiger partial charge >= 0.3 is 0 Å². The number of aromatic nitrogens is 2. The Morgan fingerprint density at radius 3 is 3.11 bits per heavy atom. The molecule has 0 fully saturated rings. The summed E-state index contributed by atoms with van der Waals surface area (Å²) in [5.74, 6) is -0.157. The number of amides is 1. The fraction of sp³-hybridized carbons (Fsp3) is 0.333. The van der Waals surface area contributed by atoms with E-state index in [0.29, 0.717) is 6.61 Å². The highest BCUT2D eigenvalue weighted by Crippen LogP contribution is 2.24. The first kappa shape index (κ1) is 13.0. The number of ether oxygens (including phenoxy) is 1. The van der Waals surface area contributed by atoms with E-state index in [1.807, 2.05) is 25.1 Å². The van der Waals surface area contributed by atoms with Crippen molar-refractivity contribution in [2.45, 2.75) is 20.0 Å². The van der Waals surface area contributed by atoms with Gasteiger partial charge in [0.2, 0.25) is 0 Å². The molecule has 0 saturated carbocycles. The minimum absolute atomic E-state index is 0.157.